The van der Waals surface area contributed by atoms with Gasteiger partial charge in [0.15, 0.2) is 0 Å². The van der Waals surface area contributed by atoms with Crippen LogP contribution in [-0.4, -0.2) is 39.6 Å². The van der Waals surface area contributed by atoms with Gasteiger partial charge in [-0.25, -0.2) is 13.1 Å². The molecular weight excluding hydrogens is 470 g/mol. The number of hydrogen-bond donors (Lipinski definition) is 2. The highest BCUT2D eigenvalue weighted by Gasteiger charge is 2.29. The van der Waals surface area contributed by atoms with E-state index in [1.165, 1.54) is 16.7 Å². The maximum atomic E-state index is 12.3. The van der Waals surface area contributed by atoms with E-state index in [9.17, 15) is 8.42 Å². The monoisotopic (exact) mass is 507 g/mol. The number of fused-ring (bicyclic) bond motifs is 1. The molecule has 0 radical (unpaired) electrons. The second-order valence-electron chi connectivity index (χ2n) is 9.46. The molecule has 2 unspecified atom stereocenters. The molecule has 2 aromatic carbocycles. The average molecular weight is 508 g/mol. The van der Waals surface area contributed by atoms with E-state index in [0.29, 0.717) is 23.4 Å². The summed E-state index contributed by atoms with van der Waals surface area (Å²) in [6.45, 7) is 1.44. The zero-order chi connectivity index (χ0) is 25.2. The van der Waals surface area contributed by atoms with E-state index >= 15 is 0 Å². The first kappa shape index (κ1) is 26.3. The van der Waals surface area contributed by atoms with Gasteiger partial charge in [0.1, 0.15) is 5.75 Å². The van der Waals surface area contributed by atoms with Crippen LogP contribution in [0.15, 0.2) is 78.0 Å². The number of ether oxygens (including phenoxy) is 1. The van der Waals surface area contributed by atoms with Gasteiger partial charge in [0.05, 0.1) is 12.0 Å². The van der Waals surface area contributed by atoms with E-state index in [2.05, 4.69) is 39.3 Å². The fraction of sp³-hybridized carbons (Fsp3) is 0.414. The highest BCUT2D eigenvalue weighted by molar-refractivity contribution is 7.89. The number of aromatic nitrogens is 1. The van der Waals surface area contributed by atoms with Crippen LogP contribution in [0.1, 0.15) is 54.7 Å². The van der Waals surface area contributed by atoms with E-state index in [1.807, 2.05) is 24.5 Å². The Hall–Kier alpha value is -2.74. The van der Waals surface area contributed by atoms with Crippen molar-refractivity contribution < 1.29 is 13.2 Å². The number of sulfonamides is 1. The van der Waals surface area contributed by atoms with Crippen LogP contribution in [0.5, 0.6) is 5.75 Å². The summed E-state index contributed by atoms with van der Waals surface area (Å²) >= 11 is 0. The molecule has 0 bridgehead atoms. The number of nitrogens with one attached hydrogen (secondary N) is 2. The first-order valence-corrected chi connectivity index (χ1v) is 14.4. The number of benzene rings is 2. The molecule has 0 amide bonds. The molecule has 36 heavy (non-hydrogen) atoms. The van der Waals surface area contributed by atoms with E-state index < -0.39 is 10.0 Å². The van der Waals surface area contributed by atoms with Gasteiger partial charge in [0.25, 0.3) is 0 Å². The third-order valence-electron chi connectivity index (χ3n) is 6.99. The smallest absolute Gasteiger partial charge is 0.240 e. The van der Waals surface area contributed by atoms with Crippen molar-refractivity contribution in [3.05, 3.63) is 89.7 Å². The van der Waals surface area contributed by atoms with Crippen LogP contribution in [0, 0.1) is 0 Å². The van der Waals surface area contributed by atoms with Gasteiger partial charge < -0.3 is 10.1 Å². The lowest BCUT2D eigenvalue weighted by Crippen LogP contribution is -2.39. The summed E-state index contributed by atoms with van der Waals surface area (Å²) < 4.78 is 32.8. The van der Waals surface area contributed by atoms with Gasteiger partial charge >= 0.3 is 0 Å². The first-order valence-electron chi connectivity index (χ1n) is 12.9. The Morgan fingerprint density at radius 2 is 1.78 bits per heavy atom. The SMILES string of the molecule is COc1ccc2c(c1)CCC(NCCCCCCNS(=O)(=O)c1ccccc1)C2Cc1cccnc1. The Bertz CT molecular complexity index is 1190. The molecule has 192 valence electrons. The van der Waals surface area contributed by atoms with Crippen molar-refractivity contribution in [1.82, 2.24) is 15.0 Å². The molecule has 0 fully saturated rings. The molecule has 1 aliphatic rings. The quantitative estimate of drug-likeness (QED) is 0.323. The van der Waals surface area contributed by atoms with Crippen LogP contribution >= 0.6 is 0 Å². The fourth-order valence-electron chi connectivity index (χ4n) is 5.07. The van der Waals surface area contributed by atoms with Crippen LogP contribution in [-0.2, 0) is 22.9 Å². The molecule has 1 aliphatic carbocycles. The van der Waals surface area contributed by atoms with Crippen molar-refractivity contribution in [2.75, 3.05) is 20.2 Å². The van der Waals surface area contributed by atoms with Crippen molar-refractivity contribution in [3.8, 4) is 5.75 Å². The predicted molar refractivity (Wildman–Crippen MR) is 144 cm³/mol. The summed E-state index contributed by atoms with van der Waals surface area (Å²) in [6, 6.07) is 19.6. The van der Waals surface area contributed by atoms with Gasteiger partial charge in [-0.3, -0.25) is 4.98 Å². The molecule has 4 rings (SSSR count). The predicted octanol–water partition coefficient (Wildman–Crippen LogP) is 4.86. The molecule has 2 N–H and O–H groups in total. The highest BCUT2D eigenvalue weighted by Crippen LogP contribution is 2.36. The number of nitrogens with zero attached hydrogens (tertiary/aromatic N) is 1. The molecule has 7 heteroatoms. The molecule has 0 spiro atoms. The Kier molecular flexibility index (Phi) is 9.50. The Morgan fingerprint density at radius 3 is 2.53 bits per heavy atom. The zero-order valence-electron chi connectivity index (χ0n) is 21.0. The highest BCUT2D eigenvalue weighted by atomic mass is 32.2. The Morgan fingerprint density at radius 1 is 0.972 bits per heavy atom. The molecule has 3 aromatic rings. The van der Waals surface area contributed by atoms with E-state index in [-0.39, 0.29) is 0 Å². The van der Waals surface area contributed by atoms with E-state index in [0.717, 1.165) is 57.2 Å². The maximum Gasteiger partial charge on any atom is 0.240 e. The standard InChI is InChI=1S/C29H37N3O3S/c1-35-25-14-15-27-24(21-25)13-16-29(28(27)20-23-10-9-17-30-22-23)31-18-7-2-3-8-19-32-36(33,34)26-11-5-4-6-12-26/h4-6,9-12,14-15,17,21-22,28-29,31-32H,2-3,7-8,13,16,18-20H2,1H3. The van der Waals surface area contributed by atoms with Gasteiger partial charge in [-0.05, 0) is 85.7 Å². The van der Waals surface area contributed by atoms with E-state index in [1.54, 1.807) is 31.4 Å². The zero-order valence-corrected chi connectivity index (χ0v) is 21.8. The first-order chi connectivity index (χ1) is 17.6. The normalized spacial score (nSPS) is 17.5. The molecule has 6 nitrogen and oxygen atoms in total. The van der Waals surface area contributed by atoms with Crippen LogP contribution < -0.4 is 14.8 Å². The van der Waals surface area contributed by atoms with Crippen LogP contribution in [0.2, 0.25) is 0 Å². The summed E-state index contributed by atoms with van der Waals surface area (Å²) in [7, 11) is -1.69. The van der Waals surface area contributed by atoms with Crippen molar-refractivity contribution in [2.45, 2.75) is 61.8 Å². The van der Waals surface area contributed by atoms with E-state index in [4.69, 9.17) is 4.74 Å². The van der Waals surface area contributed by atoms with Gasteiger partial charge in [-0.1, -0.05) is 43.2 Å². The van der Waals surface area contributed by atoms with Gasteiger partial charge in [-0.2, -0.15) is 0 Å². The second kappa shape index (κ2) is 13.0. The molecule has 0 saturated heterocycles. The Labute approximate surface area is 215 Å². The third kappa shape index (κ3) is 7.15. The minimum Gasteiger partial charge on any atom is -0.497 e. The summed E-state index contributed by atoms with van der Waals surface area (Å²) in [5.74, 6) is 1.32. The Balaban J connectivity index is 1.23. The number of aryl methyl sites for hydroxylation is 1. The fourth-order valence-corrected chi connectivity index (χ4v) is 6.16. The van der Waals surface area contributed by atoms with Crippen molar-refractivity contribution in [1.29, 1.82) is 0 Å². The summed E-state index contributed by atoms with van der Waals surface area (Å²) in [4.78, 5) is 4.64. The number of rotatable bonds is 13. The topological polar surface area (TPSA) is 80.3 Å². The molecule has 1 aromatic heterocycles. The molecule has 0 saturated carbocycles. The molecule has 0 aliphatic heterocycles. The number of unbranched alkanes of at least 4 members (excludes halogenated alkanes) is 3. The maximum absolute atomic E-state index is 12.3. The molecule has 2 atom stereocenters. The third-order valence-corrected chi connectivity index (χ3v) is 8.47. The van der Waals surface area contributed by atoms with Gasteiger partial charge in [0, 0.05) is 30.9 Å². The summed E-state index contributed by atoms with van der Waals surface area (Å²) in [5, 5.41) is 3.83. The second-order valence-corrected chi connectivity index (χ2v) is 11.2. The average Bonchev–Trinajstić information content (AvgIpc) is 2.91. The van der Waals surface area contributed by atoms with Crippen LogP contribution in [0.4, 0.5) is 0 Å². The summed E-state index contributed by atoms with van der Waals surface area (Å²) in [5.41, 5.74) is 4.06. The number of methoxy groups -OCH3 is 1. The summed E-state index contributed by atoms with van der Waals surface area (Å²) in [6.07, 6.45) is 10.9. The molecular formula is C29H37N3O3S. The minimum absolute atomic E-state index is 0.322. The number of hydrogen-bond acceptors (Lipinski definition) is 5. The minimum atomic E-state index is -3.41. The van der Waals surface area contributed by atoms with Crippen molar-refractivity contribution in [2.24, 2.45) is 0 Å². The lowest BCUT2D eigenvalue weighted by molar-refractivity contribution is 0.376. The van der Waals surface area contributed by atoms with Gasteiger partial charge in [0.2, 0.25) is 10.0 Å². The lowest BCUT2D eigenvalue weighted by atomic mass is 9.76. The van der Waals surface area contributed by atoms with Crippen LogP contribution in [0.3, 0.4) is 0 Å². The lowest BCUT2D eigenvalue weighted by Gasteiger charge is -2.35. The van der Waals surface area contributed by atoms with Crippen molar-refractivity contribution in [3.63, 3.8) is 0 Å². The molecule has 1 heterocycles. The van der Waals surface area contributed by atoms with Gasteiger partial charge in [-0.15, -0.1) is 0 Å². The largest absolute Gasteiger partial charge is 0.497 e. The van der Waals surface area contributed by atoms with Crippen LogP contribution in [0.25, 0.3) is 0 Å². The van der Waals surface area contributed by atoms with Crippen molar-refractivity contribution >= 4 is 10.0 Å². The number of pyridine rings is 1.